The van der Waals surface area contributed by atoms with Gasteiger partial charge >= 0.3 is 11.9 Å². The molecular weight excluding hydrogens is 592 g/mol. The summed E-state index contributed by atoms with van der Waals surface area (Å²) in [6, 6.07) is -0.742. The summed E-state index contributed by atoms with van der Waals surface area (Å²) in [5, 5.41) is 5.15. The van der Waals surface area contributed by atoms with Gasteiger partial charge in [-0.2, -0.15) is 0 Å². The Labute approximate surface area is 277 Å². The number of amides is 4. The maximum Gasteiger partial charge on any atom is 0.311 e. The summed E-state index contributed by atoms with van der Waals surface area (Å²) in [6.45, 7) is 20.6. The summed E-state index contributed by atoms with van der Waals surface area (Å²) in [5.74, 6) is -2.34. The number of esters is 2. The van der Waals surface area contributed by atoms with Gasteiger partial charge in [0.25, 0.3) is 0 Å². The molecule has 0 fully saturated rings. The minimum Gasteiger partial charge on any atom is -0.465 e. The second-order valence-electron chi connectivity index (χ2n) is 14.0. The predicted octanol–water partition coefficient (Wildman–Crippen LogP) is 4.31. The van der Waals surface area contributed by atoms with Gasteiger partial charge in [-0.3, -0.25) is 28.8 Å². The Morgan fingerprint density at radius 3 is 1.50 bits per heavy atom. The van der Waals surface area contributed by atoms with E-state index in [0.29, 0.717) is 38.9 Å². The van der Waals surface area contributed by atoms with Gasteiger partial charge in [-0.05, 0) is 73.1 Å². The Bertz CT molecular complexity index is 1010. The van der Waals surface area contributed by atoms with Crippen LogP contribution in [0.4, 0.5) is 0 Å². The lowest BCUT2D eigenvalue weighted by molar-refractivity contribution is -0.158. The van der Waals surface area contributed by atoms with Crippen LogP contribution in [0.25, 0.3) is 0 Å². The highest BCUT2D eigenvalue weighted by Crippen LogP contribution is 2.39. The van der Waals surface area contributed by atoms with Crippen molar-refractivity contribution < 1.29 is 38.2 Å². The first-order valence-corrected chi connectivity index (χ1v) is 16.6. The van der Waals surface area contributed by atoms with E-state index in [0.717, 1.165) is 32.1 Å². The largest absolute Gasteiger partial charge is 0.465 e. The molecule has 0 radical (unpaired) electrons. The quantitative estimate of drug-likeness (QED) is 0.104. The molecule has 0 aromatic rings. The van der Waals surface area contributed by atoms with E-state index in [1.165, 1.54) is 6.92 Å². The fraction of sp³-hybridized carbons (Fsp3) is 0.824. The molecule has 0 aromatic carbocycles. The molecular formula is C34H64N4O8. The monoisotopic (exact) mass is 656 g/mol. The van der Waals surface area contributed by atoms with Gasteiger partial charge in [0.1, 0.15) is 6.04 Å². The summed E-state index contributed by atoms with van der Waals surface area (Å²) < 4.78 is 10.6. The number of primary amides is 2. The average Bonchev–Trinajstić information content (AvgIpc) is 2.97. The van der Waals surface area contributed by atoms with Crippen LogP contribution in [0.3, 0.4) is 0 Å². The van der Waals surface area contributed by atoms with Crippen LogP contribution in [-0.2, 0) is 38.2 Å². The summed E-state index contributed by atoms with van der Waals surface area (Å²) in [5.41, 5.74) is 7.13. The molecule has 0 aliphatic heterocycles. The predicted molar refractivity (Wildman–Crippen MR) is 179 cm³/mol. The first kappa shape index (κ1) is 44.9. The lowest BCUT2D eigenvalue weighted by Crippen LogP contribution is -2.49. The van der Waals surface area contributed by atoms with Crippen molar-refractivity contribution in [1.82, 2.24) is 10.6 Å². The Morgan fingerprint density at radius 2 is 1.11 bits per heavy atom. The average molecular weight is 657 g/mol. The van der Waals surface area contributed by atoms with E-state index in [1.54, 1.807) is 41.5 Å². The number of hydrogen-bond acceptors (Lipinski definition) is 8. The molecule has 4 amide bonds. The highest BCUT2D eigenvalue weighted by atomic mass is 16.5. The Morgan fingerprint density at radius 1 is 0.652 bits per heavy atom. The number of unbranched alkanes of at least 4 members (excludes halogenated alkanes) is 3. The number of carbonyl (C=O) groups excluding carboxylic acids is 6. The number of nitrogens with one attached hydrogen (secondary N) is 2. The van der Waals surface area contributed by atoms with Crippen molar-refractivity contribution in [2.24, 2.45) is 33.1 Å². The van der Waals surface area contributed by atoms with Crippen molar-refractivity contribution in [2.75, 3.05) is 19.8 Å². The number of rotatable bonds is 21. The van der Waals surface area contributed by atoms with Gasteiger partial charge in [0, 0.05) is 10.8 Å². The van der Waals surface area contributed by atoms with E-state index < -0.39 is 39.5 Å². The van der Waals surface area contributed by atoms with Crippen LogP contribution >= 0.6 is 0 Å². The second-order valence-corrected chi connectivity index (χ2v) is 14.0. The highest BCUT2D eigenvalue weighted by molar-refractivity contribution is 5.90. The standard InChI is InChI=1S/C18H34N2O4.C16H30N2O4/c1-6-8-9-10-11-24-16(23)17(3,4)13-18(5,7-2)15(22)20-12-14(19)21;1-7-9-22-14(21)15(4,5)10-16(6,8-2)13(20)18-11(3)12(17)19/h6-13H2,1-5H3,(H2,19,21)(H,20,22);11H,7-10H2,1-6H3,(H2,17,19)(H,18,20). The zero-order valence-electron chi connectivity index (χ0n) is 30.5. The molecule has 0 saturated heterocycles. The first-order chi connectivity index (χ1) is 21.1. The third-order valence-corrected chi connectivity index (χ3v) is 8.29. The van der Waals surface area contributed by atoms with Crippen molar-refractivity contribution in [3.8, 4) is 0 Å². The normalized spacial score (nSPS) is 14.7. The lowest BCUT2D eigenvalue weighted by Gasteiger charge is -2.35. The van der Waals surface area contributed by atoms with E-state index in [1.807, 2.05) is 20.8 Å². The molecule has 268 valence electrons. The Hall–Kier alpha value is -3.18. The number of hydrogen-bond donors (Lipinski definition) is 4. The van der Waals surface area contributed by atoms with Gasteiger partial charge < -0.3 is 31.6 Å². The zero-order chi connectivity index (χ0) is 36.4. The molecule has 0 aliphatic rings. The van der Waals surface area contributed by atoms with Crippen LogP contribution in [0.5, 0.6) is 0 Å². The molecule has 0 spiro atoms. The molecule has 12 nitrogen and oxygen atoms in total. The minimum atomic E-state index is -0.784. The van der Waals surface area contributed by atoms with Gasteiger partial charge in [-0.15, -0.1) is 0 Å². The maximum atomic E-state index is 12.5. The van der Waals surface area contributed by atoms with Gasteiger partial charge in [-0.1, -0.05) is 60.8 Å². The molecule has 0 bridgehead atoms. The van der Waals surface area contributed by atoms with Gasteiger partial charge in [0.05, 0.1) is 30.6 Å². The van der Waals surface area contributed by atoms with Crippen molar-refractivity contribution in [3.05, 3.63) is 0 Å². The van der Waals surface area contributed by atoms with Crippen molar-refractivity contribution in [1.29, 1.82) is 0 Å². The van der Waals surface area contributed by atoms with Crippen molar-refractivity contribution in [2.45, 2.75) is 140 Å². The SMILES string of the molecule is CCCCCCOC(=O)C(C)(C)CC(C)(CC)C(=O)NCC(N)=O.CCCOC(=O)C(C)(C)CC(C)(CC)C(=O)NC(C)C(N)=O. The summed E-state index contributed by atoms with van der Waals surface area (Å²) >= 11 is 0. The smallest absolute Gasteiger partial charge is 0.311 e. The first-order valence-electron chi connectivity index (χ1n) is 16.6. The van der Waals surface area contributed by atoms with Crippen LogP contribution < -0.4 is 22.1 Å². The molecule has 0 heterocycles. The number of ether oxygens (including phenoxy) is 2. The molecule has 0 aromatic heterocycles. The fourth-order valence-corrected chi connectivity index (χ4v) is 4.93. The molecule has 3 unspecified atom stereocenters. The second kappa shape index (κ2) is 20.8. The Balaban J connectivity index is 0. The van der Waals surface area contributed by atoms with E-state index in [9.17, 15) is 28.8 Å². The highest BCUT2D eigenvalue weighted by Gasteiger charge is 2.43. The van der Waals surface area contributed by atoms with E-state index in [2.05, 4.69) is 17.6 Å². The van der Waals surface area contributed by atoms with Gasteiger partial charge in [0.15, 0.2) is 0 Å². The van der Waals surface area contributed by atoms with E-state index >= 15 is 0 Å². The van der Waals surface area contributed by atoms with Crippen LogP contribution in [0.1, 0.15) is 134 Å². The summed E-state index contributed by atoms with van der Waals surface area (Å²) in [7, 11) is 0. The molecule has 0 aliphatic carbocycles. The molecule has 0 rings (SSSR count). The fourth-order valence-electron chi connectivity index (χ4n) is 4.93. The molecule has 0 saturated carbocycles. The van der Waals surface area contributed by atoms with E-state index in [4.69, 9.17) is 20.9 Å². The summed E-state index contributed by atoms with van der Waals surface area (Å²) in [4.78, 5) is 71.2. The summed E-state index contributed by atoms with van der Waals surface area (Å²) in [6.07, 6.45) is 6.68. The molecule has 12 heteroatoms. The van der Waals surface area contributed by atoms with E-state index in [-0.39, 0.29) is 30.3 Å². The van der Waals surface area contributed by atoms with Crippen molar-refractivity contribution >= 4 is 35.6 Å². The van der Waals surface area contributed by atoms with Crippen LogP contribution in [-0.4, -0.2) is 61.4 Å². The third-order valence-electron chi connectivity index (χ3n) is 8.29. The molecule has 6 N–H and O–H groups in total. The maximum absolute atomic E-state index is 12.5. The zero-order valence-corrected chi connectivity index (χ0v) is 30.5. The minimum absolute atomic E-state index is 0.198. The number of carbonyl (C=O) groups is 6. The van der Waals surface area contributed by atoms with Gasteiger partial charge in [0.2, 0.25) is 23.6 Å². The van der Waals surface area contributed by atoms with Crippen molar-refractivity contribution in [3.63, 3.8) is 0 Å². The van der Waals surface area contributed by atoms with Crippen LogP contribution in [0, 0.1) is 21.7 Å². The topological polar surface area (TPSA) is 197 Å². The van der Waals surface area contributed by atoms with Crippen LogP contribution in [0.2, 0.25) is 0 Å². The Kier molecular flexibility index (Phi) is 20.4. The third kappa shape index (κ3) is 16.4. The van der Waals surface area contributed by atoms with Crippen LogP contribution in [0.15, 0.2) is 0 Å². The lowest BCUT2D eigenvalue weighted by atomic mass is 9.71. The van der Waals surface area contributed by atoms with Gasteiger partial charge in [-0.25, -0.2) is 0 Å². The number of nitrogens with two attached hydrogens (primary N) is 2. The molecule has 3 atom stereocenters. The molecule has 46 heavy (non-hydrogen) atoms.